The summed E-state index contributed by atoms with van der Waals surface area (Å²) in [5, 5.41) is 22.2. The third-order valence-corrected chi connectivity index (χ3v) is 7.34. The van der Waals surface area contributed by atoms with Gasteiger partial charge < -0.3 is 18.9 Å². The molecule has 1 fully saturated rings. The van der Waals surface area contributed by atoms with E-state index in [4.69, 9.17) is 30.5 Å². The van der Waals surface area contributed by atoms with Crippen molar-refractivity contribution >= 4 is 29.5 Å². The van der Waals surface area contributed by atoms with E-state index in [0.29, 0.717) is 0 Å². The van der Waals surface area contributed by atoms with Gasteiger partial charge in [0.25, 0.3) is 5.56 Å². The third-order valence-electron chi connectivity index (χ3n) is 6.96. The summed E-state index contributed by atoms with van der Waals surface area (Å²) in [6.07, 6.45) is -4.71. The summed E-state index contributed by atoms with van der Waals surface area (Å²) in [7, 11) is 0. The largest absolute Gasteiger partial charge is 0.459 e. The molecule has 230 valence electrons. The Balaban J connectivity index is 1.55. The SMILES string of the molecule is N#CC(C#N)c1cnn([C@@H]2O[C@H](COC(=O)c3ccccc3)[C@@H](OC(=O)c3ccccc3)[C@H]2OC(=O)c2ccccc2)c(=O)c1Cl. The zero-order chi connectivity index (χ0) is 32.6. The number of ether oxygens (including phenoxy) is 4. The van der Waals surface area contributed by atoms with Gasteiger partial charge in [0, 0.05) is 5.56 Å². The monoisotopic (exact) mass is 638 g/mol. The zero-order valence-corrected chi connectivity index (χ0v) is 24.5. The van der Waals surface area contributed by atoms with Crippen LogP contribution in [0.3, 0.4) is 0 Å². The summed E-state index contributed by atoms with van der Waals surface area (Å²) in [5.74, 6) is -3.75. The van der Waals surface area contributed by atoms with Gasteiger partial charge in [0.05, 0.1) is 35.0 Å². The Labute approximate surface area is 266 Å². The van der Waals surface area contributed by atoms with Crippen molar-refractivity contribution in [2.45, 2.75) is 30.5 Å². The Hall–Kier alpha value is -5.82. The predicted molar refractivity (Wildman–Crippen MR) is 159 cm³/mol. The Bertz CT molecular complexity index is 1860. The van der Waals surface area contributed by atoms with Gasteiger partial charge in [-0.15, -0.1) is 0 Å². The molecule has 1 aliphatic heterocycles. The molecule has 0 radical (unpaired) electrons. The smallest absolute Gasteiger partial charge is 0.338 e. The molecule has 0 amide bonds. The van der Waals surface area contributed by atoms with Crippen molar-refractivity contribution in [3.8, 4) is 12.1 Å². The lowest BCUT2D eigenvalue weighted by molar-refractivity contribution is -0.0692. The number of nitrogens with zero attached hydrogens (tertiary/aromatic N) is 4. The Morgan fingerprint density at radius 2 is 1.28 bits per heavy atom. The minimum atomic E-state index is -1.55. The fraction of sp³-hybridized carbons (Fsp3) is 0.182. The van der Waals surface area contributed by atoms with Crippen molar-refractivity contribution in [2.75, 3.05) is 6.61 Å². The van der Waals surface area contributed by atoms with Crippen LogP contribution in [0.2, 0.25) is 5.02 Å². The molecule has 0 aliphatic carbocycles. The fourth-order valence-electron chi connectivity index (χ4n) is 4.66. The Morgan fingerprint density at radius 3 is 1.78 bits per heavy atom. The van der Waals surface area contributed by atoms with Crippen molar-refractivity contribution in [1.82, 2.24) is 9.78 Å². The van der Waals surface area contributed by atoms with Gasteiger partial charge in [-0.3, -0.25) is 4.79 Å². The van der Waals surface area contributed by atoms with E-state index in [9.17, 15) is 29.7 Å². The molecule has 2 heterocycles. The van der Waals surface area contributed by atoms with Gasteiger partial charge in [0.15, 0.2) is 24.4 Å². The summed E-state index contributed by atoms with van der Waals surface area (Å²) in [6, 6.07) is 27.5. The van der Waals surface area contributed by atoms with Gasteiger partial charge in [0.2, 0.25) is 0 Å². The molecule has 1 saturated heterocycles. The van der Waals surface area contributed by atoms with Gasteiger partial charge >= 0.3 is 17.9 Å². The van der Waals surface area contributed by atoms with E-state index in [0.717, 1.165) is 10.9 Å². The van der Waals surface area contributed by atoms with Crippen LogP contribution in [0.4, 0.5) is 0 Å². The molecule has 0 saturated carbocycles. The summed E-state index contributed by atoms with van der Waals surface area (Å²) in [6.45, 7) is -0.484. The topological polar surface area (TPSA) is 171 Å². The number of nitriles is 2. The van der Waals surface area contributed by atoms with Crippen LogP contribution in [0, 0.1) is 22.7 Å². The first-order chi connectivity index (χ1) is 22.3. The van der Waals surface area contributed by atoms with Crippen LogP contribution in [0.25, 0.3) is 0 Å². The van der Waals surface area contributed by atoms with Gasteiger partial charge in [-0.2, -0.15) is 20.3 Å². The molecule has 12 nitrogen and oxygen atoms in total. The van der Waals surface area contributed by atoms with Gasteiger partial charge in [-0.05, 0) is 36.4 Å². The highest BCUT2D eigenvalue weighted by Crippen LogP contribution is 2.35. The first-order valence-corrected chi connectivity index (χ1v) is 14.2. The van der Waals surface area contributed by atoms with Crippen molar-refractivity contribution in [3.05, 3.63) is 135 Å². The first-order valence-electron chi connectivity index (χ1n) is 13.8. The van der Waals surface area contributed by atoms with Gasteiger partial charge in [-0.25, -0.2) is 14.4 Å². The van der Waals surface area contributed by atoms with Crippen LogP contribution >= 0.6 is 11.6 Å². The molecule has 1 aromatic heterocycles. The standard InChI is InChI=1S/C33H23ClN4O8/c34-26-24(23(16-35)17-36)18-37-38(29(26)39)30-28(46-33(42)22-14-8-3-9-15-22)27(45-32(41)21-12-6-2-7-13-21)25(44-30)19-43-31(40)20-10-4-1-5-11-20/h1-15,18,23,25,27-28,30H,19H2/t25-,27-,28-,30-/m1/s1. The van der Waals surface area contributed by atoms with Gasteiger partial charge in [-0.1, -0.05) is 66.2 Å². The first kappa shape index (κ1) is 31.6. The van der Waals surface area contributed by atoms with Crippen LogP contribution in [0.5, 0.6) is 0 Å². The Morgan fingerprint density at radius 1 is 0.804 bits per heavy atom. The second-order valence-electron chi connectivity index (χ2n) is 9.86. The summed E-state index contributed by atoms with van der Waals surface area (Å²) in [4.78, 5) is 52.8. The predicted octanol–water partition coefficient (Wildman–Crippen LogP) is 4.23. The number of carbonyl (C=O) groups excluding carboxylic acids is 3. The number of carbonyl (C=O) groups is 3. The second-order valence-corrected chi connectivity index (χ2v) is 10.2. The molecule has 0 unspecified atom stereocenters. The van der Waals surface area contributed by atoms with E-state index in [1.54, 1.807) is 78.9 Å². The lowest BCUT2D eigenvalue weighted by Crippen LogP contribution is -2.43. The van der Waals surface area contributed by atoms with Crippen molar-refractivity contribution in [2.24, 2.45) is 0 Å². The molecule has 0 bridgehead atoms. The van der Waals surface area contributed by atoms with Gasteiger partial charge in [0.1, 0.15) is 17.7 Å². The highest BCUT2D eigenvalue weighted by molar-refractivity contribution is 6.31. The number of halogens is 1. The minimum absolute atomic E-state index is 0.135. The highest BCUT2D eigenvalue weighted by Gasteiger charge is 2.52. The van der Waals surface area contributed by atoms with Crippen LogP contribution < -0.4 is 5.56 Å². The third kappa shape index (κ3) is 6.79. The minimum Gasteiger partial charge on any atom is -0.459 e. The fourth-order valence-corrected chi connectivity index (χ4v) is 4.91. The molecule has 46 heavy (non-hydrogen) atoms. The molecule has 4 aromatic rings. The van der Waals surface area contributed by atoms with E-state index < -0.39 is 65.6 Å². The number of hydrogen-bond donors (Lipinski definition) is 0. The lowest BCUT2D eigenvalue weighted by Gasteiger charge is -2.25. The second kappa shape index (κ2) is 14.3. The zero-order valence-electron chi connectivity index (χ0n) is 23.8. The Kier molecular flexibility index (Phi) is 9.83. The average molecular weight is 639 g/mol. The number of esters is 3. The maximum atomic E-state index is 13.5. The molecule has 1 aliphatic rings. The lowest BCUT2D eigenvalue weighted by atomic mass is 10.1. The van der Waals surface area contributed by atoms with E-state index in [-0.39, 0.29) is 22.3 Å². The summed E-state index contributed by atoms with van der Waals surface area (Å²) >= 11 is 6.29. The maximum Gasteiger partial charge on any atom is 0.338 e. The molecule has 5 rings (SSSR count). The number of aromatic nitrogens is 2. The van der Waals surface area contributed by atoms with Crippen molar-refractivity contribution in [3.63, 3.8) is 0 Å². The molecular weight excluding hydrogens is 616 g/mol. The molecular formula is C33H23ClN4O8. The molecule has 3 aromatic carbocycles. The van der Waals surface area contributed by atoms with Crippen molar-refractivity contribution < 1.29 is 33.3 Å². The normalized spacial score (nSPS) is 18.6. The van der Waals surface area contributed by atoms with Crippen LogP contribution in [0.1, 0.15) is 48.8 Å². The van der Waals surface area contributed by atoms with Crippen LogP contribution in [0.15, 0.2) is 102 Å². The van der Waals surface area contributed by atoms with E-state index in [1.165, 1.54) is 24.3 Å². The van der Waals surface area contributed by atoms with Crippen LogP contribution in [-0.4, -0.2) is 52.6 Å². The summed E-state index contributed by atoms with van der Waals surface area (Å²) < 4.78 is 24.0. The van der Waals surface area contributed by atoms with E-state index >= 15 is 0 Å². The molecule has 0 spiro atoms. The van der Waals surface area contributed by atoms with Crippen molar-refractivity contribution in [1.29, 1.82) is 10.5 Å². The van der Waals surface area contributed by atoms with Crippen LogP contribution in [-0.2, 0) is 18.9 Å². The highest BCUT2D eigenvalue weighted by atomic mass is 35.5. The van der Waals surface area contributed by atoms with E-state index in [1.807, 2.05) is 0 Å². The maximum absolute atomic E-state index is 13.5. The molecule has 13 heteroatoms. The molecule has 4 atom stereocenters. The number of hydrogen-bond acceptors (Lipinski definition) is 11. The number of rotatable bonds is 9. The quantitative estimate of drug-likeness (QED) is 0.190. The number of benzene rings is 3. The molecule has 0 N–H and O–H groups in total. The average Bonchev–Trinajstić information content (AvgIpc) is 3.42. The summed E-state index contributed by atoms with van der Waals surface area (Å²) in [5.41, 5.74) is -0.555. The van der Waals surface area contributed by atoms with E-state index in [2.05, 4.69) is 5.10 Å².